The van der Waals surface area contributed by atoms with Crippen LogP contribution in [0.4, 0.5) is 5.69 Å². The first-order chi connectivity index (χ1) is 15.2. The number of carbonyl (C=O) groups excluding carboxylic acids is 3. The number of nitrogens with one attached hydrogen (secondary N) is 1. The zero-order chi connectivity index (χ0) is 23.3. The van der Waals surface area contributed by atoms with E-state index in [1.807, 2.05) is 39.0 Å². The number of thioether (sulfide) groups is 1. The van der Waals surface area contributed by atoms with E-state index in [1.165, 1.54) is 0 Å². The molecule has 2 amide bonds. The fourth-order valence-electron chi connectivity index (χ4n) is 5.87. The third-order valence-corrected chi connectivity index (χ3v) is 9.26. The van der Waals surface area contributed by atoms with Crippen molar-refractivity contribution in [3.8, 4) is 0 Å². The molecule has 2 unspecified atom stereocenters. The van der Waals surface area contributed by atoms with Crippen molar-refractivity contribution in [2.75, 3.05) is 25.1 Å². The number of aliphatic hydroxyl groups is 1. The number of hydrogen-bond acceptors (Lipinski definition) is 6. The smallest absolute Gasteiger partial charge is 0.311 e. The minimum atomic E-state index is -0.697. The summed E-state index contributed by atoms with van der Waals surface area (Å²) < 4.78 is 4.28. The van der Waals surface area contributed by atoms with Gasteiger partial charge >= 0.3 is 5.97 Å². The van der Waals surface area contributed by atoms with Crippen LogP contribution in [0.25, 0.3) is 0 Å². The maximum atomic E-state index is 13.7. The molecule has 3 aliphatic rings. The van der Waals surface area contributed by atoms with Crippen molar-refractivity contribution in [2.24, 2.45) is 11.8 Å². The highest BCUT2D eigenvalue weighted by atomic mass is 32.2. The first kappa shape index (κ1) is 23.1. The minimum Gasteiger partial charge on any atom is -0.466 e. The summed E-state index contributed by atoms with van der Waals surface area (Å²) in [5.41, 5.74) is 2.71. The molecule has 3 heterocycles. The summed E-state index contributed by atoms with van der Waals surface area (Å²) in [6.07, 6.45) is 1.83. The van der Waals surface area contributed by atoms with Crippen LogP contribution in [0, 0.1) is 25.7 Å². The number of rotatable bonds is 7. The van der Waals surface area contributed by atoms with Gasteiger partial charge in [-0.25, -0.2) is 0 Å². The van der Waals surface area contributed by atoms with Crippen LogP contribution >= 0.6 is 11.8 Å². The Balaban J connectivity index is 1.73. The van der Waals surface area contributed by atoms with Gasteiger partial charge in [-0.05, 0) is 64.2 Å². The highest BCUT2D eigenvalue weighted by Crippen LogP contribution is 2.71. The molecule has 5 atom stereocenters. The number of ether oxygens (including phenoxy) is 1. The van der Waals surface area contributed by atoms with Crippen LogP contribution in [0.3, 0.4) is 0 Å². The van der Waals surface area contributed by atoms with E-state index in [9.17, 15) is 19.5 Å². The van der Waals surface area contributed by atoms with Crippen LogP contribution in [0.5, 0.6) is 0 Å². The van der Waals surface area contributed by atoms with Crippen LogP contribution in [0.2, 0.25) is 0 Å². The Kier molecular flexibility index (Phi) is 6.05. The molecule has 1 spiro atoms. The summed E-state index contributed by atoms with van der Waals surface area (Å²) in [5.74, 6) is -1.90. The molecule has 7 nitrogen and oxygen atoms in total. The van der Waals surface area contributed by atoms with Gasteiger partial charge in [-0.2, -0.15) is 0 Å². The standard InChI is InChI=1S/C24H32N2O5S/c1-5-31-22(30)18-17-21(29)26(11-6-12-27)19(24(17)10-9-23(18,4)32-24)20(28)25-16-13-14(2)7-8-15(16)3/h7-8,13,17-19,27H,5-6,9-12H2,1-4H3,(H,25,28)/t17-,18+,19?,23-,24?/m0/s1. The summed E-state index contributed by atoms with van der Waals surface area (Å²) in [4.78, 5) is 42.0. The largest absolute Gasteiger partial charge is 0.466 e. The highest BCUT2D eigenvalue weighted by Gasteiger charge is 2.77. The van der Waals surface area contributed by atoms with Gasteiger partial charge in [-0.1, -0.05) is 12.1 Å². The zero-order valence-electron chi connectivity index (χ0n) is 19.1. The van der Waals surface area contributed by atoms with Crippen molar-refractivity contribution in [1.29, 1.82) is 0 Å². The summed E-state index contributed by atoms with van der Waals surface area (Å²) >= 11 is 1.62. The Bertz CT molecular complexity index is 952. The van der Waals surface area contributed by atoms with Crippen molar-refractivity contribution in [1.82, 2.24) is 4.90 Å². The number of likely N-dealkylation sites (tertiary alicyclic amines) is 1. The maximum Gasteiger partial charge on any atom is 0.311 e. The summed E-state index contributed by atoms with van der Waals surface area (Å²) in [6, 6.07) is 5.19. The molecule has 174 valence electrons. The fourth-order valence-corrected chi connectivity index (χ4v) is 8.21. The van der Waals surface area contributed by atoms with Crippen molar-refractivity contribution in [2.45, 2.75) is 62.5 Å². The lowest BCUT2D eigenvalue weighted by atomic mass is 9.66. The molecule has 0 saturated carbocycles. The van der Waals surface area contributed by atoms with Gasteiger partial charge in [0.2, 0.25) is 11.8 Å². The molecule has 2 bridgehead atoms. The Morgan fingerprint density at radius 3 is 2.75 bits per heavy atom. The lowest BCUT2D eigenvalue weighted by molar-refractivity contribution is -0.155. The molecule has 8 heteroatoms. The summed E-state index contributed by atoms with van der Waals surface area (Å²) in [5, 5.41) is 12.5. The zero-order valence-corrected chi connectivity index (χ0v) is 20.0. The molecular formula is C24H32N2O5S. The lowest BCUT2D eigenvalue weighted by Gasteiger charge is -2.34. The molecule has 0 aromatic heterocycles. The number of benzene rings is 1. The maximum absolute atomic E-state index is 13.7. The van der Waals surface area contributed by atoms with Crippen LogP contribution in [0.15, 0.2) is 18.2 Å². The first-order valence-electron chi connectivity index (χ1n) is 11.3. The van der Waals surface area contributed by atoms with E-state index in [4.69, 9.17) is 4.74 Å². The highest BCUT2D eigenvalue weighted by molar-refractivity contribution is 8.02. The van der Waals surface area contributed by atoms with Crippen LogP contribution in [-0.4, -0.2) is 63.1 Å². The molecule has 1 aromatic carbocycles. The number of hydrogen-bond donors (Lipinski definition) is 2. The lowest BCUT2D eigenvalue weighted by Crippen LogP contribution is -2.51. The normalized spacial score (nSPS) is 32.8. The number of aryl methyl sites for hydroxylation is 2. The number of esters is 1. The van der Waals surface area contributed by atoms with E-state index >= 15 is 0 Å². The van der Waals surface area contributed by atoms with E-state index in [1.54, 1.807) is 23.6 Å². The van der Waals surface area contributed by atoms with Crippen molar-refractivity contribution in [3.63, 3.8) is 0 Å². The summed E-state index contributed by atoms with van der Waals surface area (Å²) in [6.45, 7) is 8.17. The summed E-state index contributed by atoms with van der Waals surface area (Å²) in [7, 11) is 0. The second-order valence-corrected chi connectivity index (χ2v) is 11.3. The van der Waals surface area contributed by atoms with E-state index in [-0.39, 0.29) is 37.5 Å². The predicted octanol–water partition coefficient (Wildman–Crippen LogP) is 2.67. The van der Waals surface area contributed by atoms with E-state index < -0.39 is 27.4 Å². The van der Waals surface area contributed by atoms with Gasteiger partial charge in [0.25, 0.3) is 0 Å². The Morgan fingerprint density at radius 2 is 2.06 bits per heavy atom. The second-order valence-electron chi connectivity index (χ2n) is 9.40. The molecule has 32 heavy (non-hydrogen) atoms. The van der Waals surface area contributed by atoms with E-state index in [2.05, 4.69) is 5.32 Å². The first-order valence-corrected chi connectivity index (χ1v) is 12.2. The Labute approximate surface area is 193 Å². The monoisotopic (exact) mass is 460 g/mol. The number of anilines is 1. The van der Waals surface area contributed by atoms with E-state index in [0.717, 1.165) is 23.2 Å². The van der Waals surface area contributed by atoms with Gasteiger partial charge in [0.05, 0.1) is 23.2 Å². The number of carbonyl (C=O) groups is 3. The third-order valence-electron chi connectivity index (χ3n) is 7.27. The number of fused-ring (bicyclic) bond motifs is 1. The Morgan fingerprint density at radius 1 is 1.31 bits per heavy atom. The van der Waals surface area contributed by atoms with Gasteiger partial charge in [0.1, 0.15) is 6.04 Å². The quantitative estimate of drug-likeness (QED) is 0.608. The SMILES string of the molecule is CCOC(=O)[C@H]1[C@H]2C(=O)N(CCCO)C(C(=O)Nc3cc(C)ccc3C)C23CC[C@]1(C)S3. The minimum absolute atomic E-state index is 0.0705. The molecule has 3 saturated heterocycles. The van der Waals surface area contributed by atoms with Gasteiger partial charge < -0.3 is 20.1 Å². The number of nitrogens with zero attached hydrogens (tertiary/aromatic N) is 1. The van der Waals surface area contributed by atoms with Crippen LogP contribution in [0.1, 0.15) is 44.2 Å². The molecule has 0 radical (unpaired) electrons. The average Bonchev–Trinajstić information content (AvgIpc) is 3.30. The Hall–Kier alpha value is -2.06. The van der Waals surface area contributed by atoms with Gasteiger partial charge in [-0.15, -0.1) is 11.8 Å². The molecule has 1 aromatic rings. The average molecular weight is 461 g/mol. The molecule has 3 aliphatic heterocycles. The number of amides is 2. The topological polar surface area (TPSA) is 95.9 Å². The molecule has 4 rings (SSSR count). The molecular weight excluding hydrogens is 428 g/mol. The van der Waals surface area contributed by atoms with E-state index in [0.29, 0.717) is 12.8 Å². The van der Waals surface area contributed by atoms with Crippen molar-refractivity contribution < 1.29 is 24.2 Å². The molecule has 3 fully saturated rings. The van der Waals surface area contributed by atoms with Crippen LogP contribution < -0.4 is 5.32 Å². The van der Waals surface area contributed by atoms with Gasteiger partial charge in [0.15, 0.2) is 0 Å². The predicted molar refractivity (Wildman–Crippen MR) is 123 cm³/mol. The second kappa shape index (κ2) is 8.37. The van der Waals surface area contributed by atoms with Crippen molar-refractivity contribution >= 4 is 35.2 Å². The molecule has 0 aliphatic carbocycles. The third kappa shape index (κ3) is 3.43. The van der Waals surface area contributed by atoms with Gasteiger partial charge in [0, 0.05) is 23.6 Å². The number of aliphatic hydroxyl groups excluding tert-OH is 1. The van der Waals surface area contributed by atoms with Crippen LogP contribution in [-0.2, 0) is 19.1 Å². The fraction of sp³-hybridized carbons (Fsp3) is 0.625. The van der Waals surface area contributed by atoms with Crippen molar-refractivity contribution in [3.05, 3.63) is 29.3 Å². The molecule has 2 N–H and O–H groups in total. The van der Waals surface area contributed by atoms with Gasteiger partial charge in [-0.3, -0.25) is 14.4 Å².